The lowest BCUT2D eigenvalue weighted by Gasteiger charge is -2.37. The molecule has 4 heteroatoms. The lowest BCUT2D eigenvalue weighted by atomic mass is 9.83. The molecule has 110 valence electrons. The van der Waals surface area contributed by atoms with E-state index in [1.807, 2.05) is 24.3 Å². The van der Waals surface area contributed by atoms with Crippen molar-refractivity contribution in [1.29, 1.82) is 0 Å². The van der Waals surface area contributed by atoms with Gasteiger partial charge in [0.05, 0.1) is 0 Å². The number of nitrogens with two attached hydrogens (primary N) is 1. The summed E-state index contributed by atoms with van der Waals surface area (Å²) < 4.78 is 0. The number of oxime groups is 1. The predicted octanol–water partition coefficient (Wildman–Crippen LogP) is 3.19. The first-order valence-electron chi connectivity index (χ1n) is 7.47. The van der Waals surface area contributed by atoms with Gasteiger partial charge in [-0.1, -0.05) is 43.5 Å². The van der Waals surface area contributed by atoms with E-state index in [0.29, 0.717) is 6.04 Å². The van der Waals surface area contributed by atoms with E-state index >= 15 is 0 Å². The van der Waals surface area contributed by atoms with Gasteiger partial charge in [0.15, 0.2) is 5.84 Å². The number of hydrogen-bond donors (Lipinski definition) is 2. The average molecular weight is 275 g/mol. The van der Waals surface area contributed by atoms with Crippen LogP contribution in [0.15, 0.2) is 29.4 Å². The topological polar surface area (TPSA) is 61.8 Å². The number of amidine groups is 1. The van der Waals surface area contributed by atoms with Crippen LogP contribution >= 0.6 is 0 Å². The molecule has 1 aromatic carbocycles. The van der Waals surface area contributed by atoms with E-state index in [9.17, 15) is 0 Å². The third kappa shape index (κ3) is 3.06. The van der Waals surface area contributed by atoms with E-state index in [0.717, 1.165) is 17.2 Å². The molecule has 2 rings (SSSR count). The van der Waals surface area contributed by atoms with E-state index in [-0.39, 0.29) is 5.84 Å². The molecule has 0 heterocycles. The summed E-state index contributed by atoms with van der Waals surface area (Å²) in [6.07, 6.45) is 6.35. The Morgan fingerprint density at radius 1 is 1.40 bits per heavy atom. The molecule has 4 nitrogen and oxygen atoms in total. The molecular formula is C16H25N3O. The second-order valence-corrected chi connectivity index (χ2v) is 5.71. The van der Waals surface area contributed by atoms with Crippen molar-refractivity contribution in [2.75, 3.05) is 11.9 Å². The largest absolute Gasteiger partial charge is 0.409 e. The van der Waals surface area contributed by atoms with Crippen molar-refractivity contribution in [3.8, 4) is 0 Å². The Bertz CT molecular complexity index is 473. The first-order chi connectivity index (χ1) is 9.67. The van der Waals surface area contributed by atoms with Gasteiger partial charge in [-0.2, -0.15) is 0 Å². The number of rotatable bonds is 4. The molecule has 1 aromatic rings. The molecule has 0 radical (unpaired) electrons. The zero-order valence-electron chi connectivity index (χ0n) is 12.4. The predicted molar refractivity (Wildman–Crippen MR) is 83.4 cm³/mol. The van der Waals surface area contributed by atoms with Gasteiger partial charge in [0.1, 0.15) is 0 Å². The normalized spacial score (nSPS) is 23.6. The fourth-order valence-corrected chi connectivity index (χ4v) is 3.23. The maximum Gasteiger partial charge on any atom is 0.172 e. The van der Waals surface area contributed by atoms with Gasteiger partial charge in [0.2, 0.25) is 0 Å². The fourth-order valence-electron chi connectivity index (χ4n) is 3.23. The first kappa shape index (κ1) is 14.7. The van der Waals surface area contributed by atoms with Crippen LogP contribution in [-0.2, 0) is 0 Å². The van der Waals surface area contributed by atoms with Gasteiger partial charge in [-0.3, -0.25) is 0 Å². The third-order valence-corrected chi connectivity index (χ3v) is 4.55. The maximum atomic E-state index is 8.93. The fraction of sp³-hybridized carbons (Fsp3) is 0.562. The van der Waals surface area contributed by atoms with Crippen LogP contribution in [0.5, 0.6) is 0 Å². The van der Waals surface area contributed by atoms with Crippen LogP contribution in [0.1, 0.15) is 44.6 Å². The number of hydrogen-bond acceptors (Lipinski definition) is 3. The minimum absolute atomic E-state index is 0.176. The zero-order chi connectivity index (χ0) is 14.5. The van der Waals surface area contributed by atoms with E-state index in [1.54, 1.807) is 0 Å². The van der Waals surface area contributed by atoms with Crippen LogP contribution in [-0.4, -0.2) is 24.1 Å². The number of anilines is 1. The summed E-state index contributed by atoms with van der Waals surface area (Å²) in [6, 6.07) is 8.41. The molecule has 1 saturated carbocycles. The van der Waals surface area contributed by atoms with E-state index < -0.39 is 0 Å². The van der Waals surface area contributed by atoms with E-state index in [2.05, 4.69) is 24.0 Å². The molecule has 0 spiro atoms. The highest BCUT2D eigenvalue weighted by Crippen LogP contribution is 2.32. The van der Waals surface area contributed by atoms with E-state index in [1.165, 1.54) is 32.1 Å². The molecule has 0 aromatic heterocycles. The molecule has 3 N–H and O–H groups in total. The van der Waals surface area contributed by atoms with Gasteiger partial charge in [0, 0.05) is 24.3 Å². The Kier molecular flexibility index (Phi) is 4.88. The van der Waals surface area contributed by atoms with Crippen molar-refractivity contribution in [2.45, 2.75) is 45.1 Å². The van der Waals surface area contributed by atoms with Crippen molar-refractivity contribution in [3.63, 3.8) is 0 Å². The molecule has 2 unspecified atom stereocenters. The molecule has 0 amide bonds. The number of para-hydroxylation sites is 1. The van der Waals surface area contributed by atoms with Crippen molar-refractivity contribution >= 4 is 11.5 Å². The minimum atomic E-state index is 0.176. The van der Waals surface area contributed by atoms with E-state index in [4.69, 9.17) is 10.9 Å². The first-order valence-corrected chi connectivity index (χ1v) is 7.47. The molecule has 0 bridgehead atoms. The highest BCUT2D eigenvalue weighted by Gasteiger charge is 2.25. The van der Waals surface area contributed by atoms with Crippen LogP contribution in [0.3, 0.4) is 0 Å². The Labute approximate surface area is 121 Å². The quantitative estimate of drug-likeness (QED) is 0.384. The molecule has 2 atom stereocenters. The maximum absolute atomic E-state index is 8.93. The highest BCUT2D eigenvalue weighted by atomic mass is 16.4. The van der Waals surface area contributed by atoms with Crippen LogP contribution < -0.4 is 10.6 Å². The van der Waals surface area contributed by atoms with Crippen molar-refractivity contribution in [3.05, 3.63) is 29.8 Å². The summed E-state index contributed by atoms with van der Waals surface area (Å²) in [5.41, 5.74) is 7.64. The smallest absolute Gasteiger partial charge is 0.172 e. The van der Waals surface area contributed by atoms with Crippen LogP contribution in [0.2, 0.25) is 0 Å². The molecule has 1 aliphatic carbocycles. The summed E-state index contributed by atoms with van der Waals surface area (Å²) in [7, 11) is 2.12. The second-order valence-electron chi connectivity index (χ2n) is 5.71. The van der Waals surface area contributed by atoms with Crippen LogP contribution in [0.4, 0.5) is 5.69 Å². The van der Waals surface area contributed by atoms with Gasteiger partial charge in [-0.25, -0.2) is 0 Å². The third-order valence-electron chi connectivity index (χ3n) is 4.55. The number of nitrogens with zero attached hydrogens (tertiary/aromatic N) is 2. The monoisotopic (exact) mass is 275 g/mol. The van der Waals surface area contributed by atoms with Crippen LogP contribution in [0.25, 0.3) is 0 Å². The SMILES string of the molecule is CCC1CCCC(N(C)c2ccccc2/C(N)=N/O)C1. The van der Waals surface area contributed by atoms with Crippen LogP contribution in [0, 0.1) is 5.92 Å². The average Bonchev–Trinajstić information content (AvgIpc) is 2.53. The van der Waals surface area contributed by atoms with Gasteiger partial charge in [-0.15, -0.1) is 0 Å². The van der Waals surface area contributed by atoms with Crippen molar-refractivity contribution in [1.82, 2.24) is 0 Å². The Morgan fingerprint density at radius 3 is 2.85 bits per heavy atom. The molecular weight excluding hydrogens is 250 g/mol. The second kappa shape index (κ2) is 6.64. The lowest BCUT2D eigenvalue weighted by Crippen LogP contribution is -2.37. The standard InChI is InChI=1S/C16H25N3O/c1-3-12-7-6-8-13(11-12)19(2)15-10-5-4-9-14(15)16(17)18-20/h4-5,9-10,12-13,20H,3,6-8,11H2,1-2H3,(H2,17,18). The summed E-state index contributed by atoms with van der Waals surface area (Å²) in [4.78, 5) is 2.30. The Morgan fingerprint density at radius 2 is 2.15 bits per heavy atom. The highest BCUT2D eigenvalue weighted by molar-refractivity contribution is 6.02. The molecule has 20 heavy (non-hydrogen) atoms. The minimum Gasteiger partial charge on any atom is -0.409 e. The zero-order valence-corrected chi connectivity index (χ0v) is 12.4. The van der Waals surface area contributed by atoms with Gasteiger partial charge >= 0.3 is 0 Å². The lowest BCUT2D eigenvalue weighted by molar-refractivity contribution is 0.308. The molecule has 0 saturated heterocycles. The summed E-state index contributed by atoms with van der Waals surface area (Å²) >= 11 is 0. The summed E-state index contributed by atoms with van der Waals surface area (Å²) in [6.45, 7) is 2.28. The van der Waals surface area contributed by atoms with Crippen molar-refractivity contribution in [2.24, 2.45) is 16.8 Å². The number of benzene rings is 1. The molecule has 1 fully saturated rings. The molecule has 1 aliphatic rings. The molecule has 0 aliphatic heterocycles. The Balaban J connectivity index is 2.22. The van der Waals surface area contributed by atoms with Crippen molar-refractivity contribution < 1.29 is 5.21 Å². The summed E-state index contributed by atoms with van der Waals surface area (Å²) in [5, 5.41) is 12.1. The van der Waals surface area contributed by atoms with Gasteiger partial charge in [-0.05, 0) is 30.9 Å². The summed E-state index contributed by atoms with van der Waals surface area (Å²) in [5.74, 6) is 1.00. The van der Waals surface area contributed by atoms with Gasteiger partial charge in [0.25, 0.3) is 0 Å². The van der Waals surface area contributed by atoms with Gasteiger partial charge < -0.3 is 15.8 Å². The Hall–Kier alpha value is -1.71.